The fourth-order valence-corrected chi connectivity index (χ4v) is 3.95. The summed E-state index contributed by atoms with van der Waals surface area (Å²) in [6.07, 6.45) is 5.70. The van der Waals surface area contributed by atoms with Crippen molar-refractivity contribution in [3.63, 3.8) is 0 Å². The molecule has 0 heterocycles. The highest BCUT2D eigenvalue weighted by Crippen LogP contribution is 2.12. The number of nitrogens with zero attached hydrogens (tertiary/aromatic N) is 4. The zero-order valence-electron chi connectivity index (χ0n) is 20.7. The standard InChI is InChI=1S/C32H34N4/c1-5-15-29(16-6-1)25-35(26-30-17-7-2-8-18-30)33-23-13-14-24-34-36(27-31-19-9-3-10-20-31)28-32-21-11-4-12-22-32/h1-12,15-24H,13-14,25-28H2. The number of hydrogen-bond donors (Lipinski definition) is 0. The Morgan fingerprint density at radius 2 is 0.639 bits per heavy atom. The van der Waals surface area contributed by atoms with Crippen molar-refractivity contribution in [3.8, 4) is 0 Å². The molecule has 4 rings (SSSR count). The summed E-state index contributed by atoms with van der Waals surface area (Å²) in [4.78, 5) is 0. The summed E-state index contributed by atoms with van der Waals surface area (Å²) >= 11 is 0. The zero-order chi connectivity index (χ0) is 24.7. The maximum absolute atomic E-state index is 4.80. The molecule has 0 aliphatic heterocycles. The van der Waals surface area contributed by atoms with E-state index in [0.29, 0.717) is 0 Å². The van der Waals surface area contributed by atoms with Gasteiger partial charge in [-0.2, -0.15) is 10.2 Å². The van der Waals surface area contributed by atoms with E-state index < -0.39 is 0 Å². The monoisotopic (exact) mass is 474 g/mol. The Kier molecular flexibility index (Phi) is 9.88. The van der Waals surface area contributed by atoms with E-state index in [1.54, 1.807) is 0 Å². The van der Waals surface area contributed by atoms with E-state index in [2.05, 4.69) is 107 Å². The SMILES string of the molecule is C(CCC=NN(Cc1ccccc1)Cc1ccccc1)=NN(Cc1ccccc1)Cc1ccccc1. The van der Waals surface area contributed by atoms with Gasteiger partial charge in [0.15, 0.2) is 0 Å². The molecular weight excluding hydrogens is 440 g/mol. The van der Waals surface area contributed by atoms with Crippen LogP contribution in [0.25, 0.3) is 0 Å². The predicted molar refractivity (Wildman–Crippen MR) is 150 cm³/mol. The van der Waals surface area contributed by atoms with Crippen molar-refractivity contribution in [2.24, 2.45) is 10.2 Å². The second-order valence-electron chi connectivity index (χ2n) is 8.76. The molecule has 4 nitrogen and oxygen atoms in total. The van der Waals surface area contributed by atoms with Gasteiger partial charge in [0.2, 0.25) is 0 Å². The second kappa shape index (κ2) is 14.3. The van der Waals surface area contributed by atoms with E-state index in [1.807, 2.05) is 36.7 Å². The first kappa shape index (κ1) is 24.9. The van der Waals surface area contributed by atoms with Crippen molar-refractivity contribution in [2.75, 3.05) is 0 Å². The van der Waals surface area contributed by atoms with Gasteiger partial charge in [-0.25, -0.2) is 0 Å². The molecule has 0 aliphatic carbocycles. The van der Waals surface area contributed by atoms with Crippen LogP contribution in [-0.4, -0.2) is 22.4 Å². The number of unbranched alkanes of at least 4 members (excludes halogenated alkanes) is 1. The molecule has 0 saturated heterocycles. The van der Waals surface area contributed by atoms with Crippen molar-refractivity contribution < 1.29 is 0 Å². The number of hydrazone groups is 2. The van der Waals surface area contributed by atoms with Crippen molar-refractivity contribution in [1.82, 2.24) is 10.0 Å². The molecule has 4 aromatic carbocycles. The van der Waals surface area contributed by atoms with E-state index in [1.165, 1.54) is 22.3 Å². The smallest absolute Gasteiger partial charge is 0.0614 e. The van der Waals surface area contributed by atoms with E-state index in [0.717, 1.165) is 39.0 Å². The first-order chi connectivity index (χ1) is 17.8. The van der Waals surface area contributed by atoms with Gasteiger partial charge in [0.1, 0.15) is 0 Å². The molecular formula is C32H34N4. The van der Waals surface area contributed by atoms with Gasteiger partial charge in [0.25, 0.3) is 0 Å². The first-order valence-electron chi connectivity index (χ1n) is 12.6. The van der Waals surface area contributed by atoms with E-state index in [4.69, 9.17) is 10.2 Å². The van der Waals surface area contributed by atoms with Gasteiger partial charge in [-0.15, -0.1) is 0 Å². The summed E-state index contributed by atoms with van der Waals surface area (Å²) < 4.78 is 0. The van der Waals surface area contributed by atoms with Crippen LogP contribution >= 0.6 is 0 Å². The zero-order valence-corrected chi connectivity index (χ0v) is 20.7. The summed E-state index contributed by atoms with van der Waals surface area (Å²) in [6.45, 7) is 3.12. The van der Waals surface area contributed by atoms with Gasteiger partial charge in [-0.3, -0.25) is 10.0 Å². The van der Waals surface area contributed by atoms with Gasteiger partial charge in [-0.05, 0) is 35.1 Å². The minimum atomic E-state index is 0.780. The third-order valence-electron chi connectivity index (χ3n) is 5.75. The first-order valence-corrected chi connectivity index (χ1v) is 12.6. The molecule has 36 heavy (non-hydrogen) atoms. The van der Waals surface area contributed by atoms with Crippen molar-refractivity contribution in [1.29, 1.82) is 0 Å². The van der Waals surface area contributed by atoms with Gasteiger partial charge < -0.3 is 0 Å². The Morgan fingerprint density at radius 1 is 0.389 bits per heavy atom. The lowest BCUT2D eigenvalue weighted by molar-refractivity contribution is 0.271. The maximum Gasteiger partial charge on any atom is 0.0614 e. The molecule has 4 aromatic rings. The molecule has 4 heteroatoms. The average molecular weight is 475 g/mol. The number of benzene rings is 4. The van der Waals surface area contributed by atoms with Gasteiger partial charge in [0, 0.05) is 12.4 Å². The molecule has 0 amide bonds. The predicted octanol–water partition coefficient (Wildman–Crippen LogP) is 7.14. The van der Waals surface area contributed by atoms with Crippen molar-refractivity contribution >= 4 is 12.4 Å². The highest BCUT2D eigenvalue weighted by molar-refractivity contribution is 5.65. The quantitative estimate of drug-likeness (QED) is 0.117. The largest absolute Gasteiger partial charge is 0.289 e. The average Bonchev–Trinajstić information content (AvgIpc) is 2.93. The Morgan fingerprint density at radius 3 is 0.889 bits per heavy atom. The van der Waals surface area contributed by atoms with Crippen LogP contribution in [0.5, 0.6) is 0 Å². The Balaban J connectivity index is 1.34. The molecule has 0 bridgehead atoms. The van der Waals surface area contributed by atoms with Crippen LogP contribution in [0, 0.1) is 0 Å². The molecule has 0 aliphatic rings. The molecule has 0 atom stereocenters. The van der Waals surface area contributed by atoms with Crippen LogP contribution in [0.1, 0.15) is 35.1 Å². The third-order valence-corrected chi connectivity index (χ3v) is 5.75. The maximum atomic E-state index is 4.80. The lowest BCUT2D eigenvalue weighted by atomic mass is 10.2. The molecule has 0 radical (unpaired) electrons. The van der Waals surface area contributed by atoms with Crippen molar-refractivity contribution in [2.45, 2.75) is 39.0 Å². The molecule has 0 fully saturated rings. The lowest BCUT2D eigenvalue weighted by Crippen LogP contribution is -2.17. The van der Waals surface area contributed by atoms with Crippen LogP contribution < -0.4 is 0 Å². The minimum Gasteiger partial charge on any atom is -0.289 e. The summed E-state index contributed by atoms with van der Waals surface area (Å²) in [5.41, 5.74) is 5.02. The number of rotatable bonds is 13. The van der Waals surface area contributed by atoms with Gasteiger partial charge in [-0.1, -0.05) is 121 Å². The van der Waals surface area contributed by atoms with Gasteiger partial charge >= 0.3 is 0 Å². The summed E-state index contributed by atoms with van der Waals surface area (Å²) in [7, 11) is 0. The van der Waals surface area contributed by atoms with Crippen LogP contribution in [0.15, 0.2) is 132 Å². The van der Waals surface area contributed by atoms with E-state index in [9.17, 15) is 0 Å². The Bertz CT molecular complexity index is 996. The molecule has 0 spiro atoms. The summed E-state index contributed by atoms with van der Waals surface area (Å²) in [5.74, 6) is 0. The Labute approximate surface area is 215 Å². The van der Waals surface area contributed by atoms with E-state index in [-0.39, 0.29) is 0 Å². The molecule has 0 saturated carbocycles. The topological polar surface area (TPSA) is 31.2 Å². The van der Waals surface area contributed by atoms with Crippen LogP contribution in [0.2, 0.25) is 0 Å². The van der Waals surface area contributed by atoms with Gasteiger partial charge in [0.05, 0.1) is 26.2 Å². The normalized spacial score (nSPS) is 11.2. The van der Waals surface area contributed by atoms with Crippen LogP contribution in [0.3, 0.4) is 0 Å². The fourth-order valence-electron chi connectivity index (χ4n) is 3.95. The summed E-state index contributed by atoms with van der Waals surface area (Å²) in [6, 6.07) is 42.0. The van der Waals surface area contributed by atoms with E-state index >= 15 is 0 Å². The summed E-state index contributed by atoms with van der Waals surface area (Å²) in [5, 5.41) is 13.8. The highest BCUT2D eigenvalue weighted by atomic mass is 15.4. The fraction of sp³-hybridized carbons (Fsp3) is 0.188. The molecule has 0 unspecified atom stereocenters. The van der Waals surface area contributed by atoms with Crippen LogP contribution in [-0.2, 0) is 26.2 Å². The lowest BCUT2D eigenvalue weighted by Gasteiger charge is -2.20. The Hall–Kier alpha value is -4.18. The van der Waals surface area contributed by atoms with Crippen LogP contribution in [0.4, 0.5) is 0 Å². The third kappa shape index (κ3) is 8.88. The number of hydrogen-bond acceptors (Lipinski definition) is 4. The molecule has 0 aromatic heterocycles. The molecule has 0 N–H and O–H groups in total. The highest BCUT2D eigenvalue weighted by Gasteiger charge is 2.05. The minimum absolute atomic E-state index is 0.780. The second-order valence-corrected chi connectivity index (χ2v) is 8.76. The van der Waals surface area contributed by atoms with Crippen molar-refractivity contribution in [3.05, 3.63) is 144 Å². The molecule has 182 valence electrons.